The lowest BCUT2D eigenvalue weighted by Gasteiger charge is -2.32. The van der Waals surface area contributed by atoms with Gasteiger partial charge in [0.1, 0.15) is 0 Å². The zero-order valence-electron chi connectivity index (χ0n) is 10.6. The molecule has 2 N–H and O–H groups in total. The van der Waals surface area contributed by atoms with Crippen LogP contribution < -0.4 is 10.2 Å². The van der Waals surface area contributed by atoms with Crippen molar-refractivity contribution in [2.45, 2.75) is 32.4 Å². The molecule has 1 fully saturated rings. The van der Waals surface area contributed by atoms with Crippen LogP contribution >= 0.6 is 0 Å². The van der Waals surface area contributed by atoms with Gasteiger partial charge in [-0.3, -0.25) is 0 Å². The van der Waals surface area contributed by atoms with E-state index < -0.39 is 0 Å². The average molecular weight is 240 g/mol. The Kier molecular flexibility index (Phi) is 3.63. The van der Waals surface area contributed by atoms with Crippen molar-refractivity contribution in [3.05, 3.63) is 5.89 Å². The summed E-state index contributed by atoms with van der Waals surface area (Å²) in [6.07, 6.45) is 0.626. The Morgan fingerprint density at radius 3 is 2.94 bits per heavy atom. The van der Waals surface area contributed by atoms with Crippen LogP contribution in [0.5, 0.6) is 0 Å². The first-order chi connectivity index (χ1) is 8.11. The van der Waals surface area contributed by atoms with E-state index in [1.54, 1.807) is 0 Å². The minimum Gasteiger partial charge on any atom is -0.406 e. The Balaban J connectivity index is 2.05. The van der Waals surface area contributed by atoms with E-state index in [4.69, 9.17) is 4.42 Å². The van der Waals surface area contributed by atoms with E-state index in [1.807, 2.05) is 18.9 Å². The second-order valence-electron chi connectivity index (χ2n) is 4.71. The smallest absolute Gasteiger partial charge is 0.318 e. The molecule has 0 saturated carbocycles. The Morgan fingerprint density at radius 1 is 1.53 bits per heavy atom. The van der Waals surface area contributed by atoms with Crippen LogP contribution in [0.1, 0.15) is 32.2 Å². The zero-order chi connectivity index (χ0) is 12.4. The van der Waals surface area contributed by atoms with Gasteiger partial charge < -0.3 is 19.7 Å². The van der Waals surface area contributed by atoms with Crippen LogP contribution in [-0.2, 0) is 0 Å². The summed E-state index contributed by atoms with van der Waals surface area (Å²) in [5, 5.41) is 20.9. The van der Waals surface area contributed by atoms with Crippen molar-refractivity contribution in [1.82, 2.24) is 15.5 Å². The summed E-state index contributed by atoms with van der Waals surface area (Å²) < 4.78 is 5.59. The number of anilines is 1. The maximum atomic E-state index is 9.83. The number of hydrogen-bond donors (Lipinski definition) is 2. The lowest BCUT2D eigenvalue weighted by atomic mass is 9.96. The normalized spacial score (nSPS) is 27.2. The quantitative estimate of drug-likeness (QED) is 0.804. The molecule has 6 heteroatoms. The Bertz CT molecular complexity index is 368. The Labute approximate surface area is 101 Å². The summed E-state index contributed by atoms with van der Waals surface area (Å²) in [5.41, 5.74) is 0. The van der Waals surface area contributed by atoms with Gasteiger partial charge >= 0.3 is 6.01 Å². The van der Waals surface area contributed by atoms with Gasteiger partial charge in [0, 0.05) is 13.1 Å². The number of β-amino-alcohol motifs (C(OH)–C–C–N with tert-alkyl or cyclic N) is 1. The summed E-state index contributed by atoms with van der Waals surface area (Å²) in [5.74, 6) is 0.917. The molecule has 0 amide bonds. The monoisotopic (exact) mass is 240 g/mol. The molecule has 2 heterocycles. The summed E-state index contributed by atoms with van der Waals surface area (Å²) in [4.78, 5) is 1.95. The van der Waals surface area contributed by atoms with Crippen LogP contribution in [0.3, 0.4) is 0 Å². The number of hydrogen-bond acceptors (Lipinski definition) is 6. The molecular weight excluding hydrogens is 220 g/mol. The largest absolute Gasteiger partial charge is 0.406 e. The maximum Gasteiger partial charge on any atom is 0.318 e. The molecule has 0 spiro atoms. The van der Waals surface area contributed by atoms with Crippen molar-refractivity contribution >= 4 is 6.01 Å². The van der Waals surface area contributed by atoms with E-state index >= 15 is 0 Å². The highest BCUT2D eigenvalue weighted by molar-refractivity contribution is 5.25. The highest BCUT2D eigenvalue weighted by Gasteiger charge is 2.27. The molecule has 1 saturated heterocycles. The highest BCUT2D eigenvalue weighted by Crippen LogP contribution is 2.23. The van der Waals surface area contributed by atoms with Crippen LogP contribution in [0.25, 0.3) is 0 Å². The van der Waals surface area contributed by atoms with Crippen LogP contribution in [0, 0.1) is 5.92 Å². The van der Waals surface area contributed by atoms with Gasteiger partial charge in [0.2, 0.25) is 5.89 Å². The van der Waals surface area contributed by atoms with Gasteiger partial charge in [-0.15, -0.1) is 5.10 Å². The summed E-state index contributed by atoms with van der Waals surface area (Å²) >= 11 is 0. The second-order valence-corrected chi connectivity index (χ2v) is 4.71. The fraction of sp³-hybridized carbons (Fsp3) is 0.818. The van der Waals surface area contributed by atoms with E-state index in [2.05, 4.69) is 22.4 Å². The van der Waals surface area contributed by atoms with E-state index in [1.165, 1.54) is 0 Å². The van der Waals surface area contributed by atoms with Gasteiger partial charge in [-0.1, -0.05) is 12.0 Å². The SMILES string of the molecule is CNC(C)c1nnc(N2CCC(C)C(O)C2)o1. The van der Waals surface area contributed by atoms with Crippen molar-refractivity contribution in [1.29, 1.82) is 0 Å². The zero-order valence-corrected chi connectivity index (χ0v) is 10.6. The van der Waals surface area contributed by atoms with Gasteiger partial charge in [-0.05, 0) is 26.3 Å². The van der Waals surface area contributed by atoms with Gasteiger partial charge in [-0.25, -0.2) is 0 Å². The lowest BCUT2D eigenvalue weighted by molar-refractivity contribution is 0.101. The first-order valence-corrected chi connectivity index (χ1v) is 6.05. The number of nitrogens with one attached hydrogen (secondary N) is 1. The molecule has 1 aromatic heterocycles. The topological polar surface area (TPSA) is 74.4 Å². The third-order valence-electron chi connectivity index (χ3n) is 3.42. The average Bonchev–Trinajstić information content (AvgIpc) is 2.81. The van der Waals surface area contributed by atoms with Crippen LogP contribution in [0.2, 0.25) is 0 Å². The molecule has 2 rings (SSSR count). The number of aliphatic hydroxyl groups is 1. The molecule has 0 aliphatic carbocycles. The lowest BCUT2D eigenvalue weighted by Crippen LogP contribution is -2.43. The van der Waals surface area contributed by atoms with Crippen molar-refractivity contribution in [2.24, 2.45) is 5.92 Å². The van der Waals surface area contributed by atoms with Crippen molar-refractivity contribution in [2.75, 3.05) is 25.0 Å². The fourth-order valence-electron chi connectivity index (χ4n) is 1.88. The Morgan fingerprint density at radius 2 is 2.29 bits per heavy atom. The molecule has 0 radical (unpaired) electrons. The molecule has 0 aromatic carbocycles. The predicted molar refractivity (Wildman–Crippen MR) is 63.8 cm³/mol. The van der Waals surface area contributed by atoms with Crippen molar-refractivity contribution in [3.8, 4) is 0 Å². The number of piperidine rings is 1. The van der Waals surface area contributed by atoms with E-state index in [9.17, 15) is 5.11 Å². The second kappa shape index (κ2) is 5.01. The molecule has 3 unspecified atom stereocenters. The van der Waals surface area contributed by atoms with Gasteiger partial charge in [0.15, 0.2) is 0 Å². The molecular formula is C11H20N4O2. The number of nitrogens with zero attached hydrogens (tertiary/aromatic N) is 3. The van der Waals surface area contributed by atoms with Crippen molar-refractivity contribution < 1.29 is 9.52 Å². The molecule has 1 aromatic rings. The number of aromatic nitrogens is 2. The standard InChI is InChI=1S/C11H20N4O2/c1-7-4-5-15(6-9(7)16)11-14-13-10(17-11)8(2)12-3/h7-9,12,16H,4-6H2,1-3H3. The highest BCUT2D eigenvalue weighted by atomic mass is 16.4. The molecule has 17 heavy (non-hydrogen) atoms. The van der Waals surface area contributed by atoms with Gasteiger partial charge in [0.05, 0.1) is 12.1 Å². The minimum absolute atomic E-state index is 0.0462. The summed E-state index contributed by atoms with van der Waals surface area (Å²) in [6, 6.07) is 0.554. The van der Waals surface area contributed by atoms with Gasteiger partial charge in [-0.2, -0.15) is 0 Å². The molecule has 6 nitrogen and oxygen atoms in total. The molecule has 1 aliphatic heterocycles. The van der Waals surface area contributed by atoms with Crippen molar-refractivity contribution in [3.63, 3.8) is 0 Å². The molecule has 0 bridgehead atoms. The van der Waals surface area contributed by atoms with Crippen LogP contribution in [-0.4, -0.2) is 41.5 Å². The number of rotatable bonds is 3. The number of aliphatic hydroxyl groups excluding tert-OH is 1. The minimum atomic E-state index is -0.319. The fourth-order valence-corrected chi connectivity index (χ4v) is 1.88. The van der Waals surface area contributed by atoms with Gasteiger partial charge in [0.25, 0.3) is 0 Å². The van der Waals surface area contributed by atoms with E-state index in [0.717, 1.165) is 13.0 Å². The van der Waals surface area contributed by atoms with E-state index in [0.29, 0.717) is 24.4 Å². The first-order valence-electron chi connectivity index (χ1n) is 6.05. The Hall–Kier alpha value is -1.14. The molecule has 1 aliphatic rings. The predicted octanol–water partition coefficient (Wildman–Crippen LogP) is 0.557. The van der Waals surface area contributed by atoms with Crippen LogP contribution in [0.4, 0.5) is 6.01 Å². The van der Waals surface area contributed by atoms with E-state index in [-0.39, 0.29) is 12.1 Å². The molecule has 96 valence electrons. The summed E-state index contributed by atoms with van der Waals surface area (Å²) in [6.45, 7) is 5.44. The summed E-state index contributed by atoms with van der Waals surface area (Å²) in [7, 11) is 1.85. The third-order valence-corrected chi connectivity index (χ3v) is 3.42. The first kappa shape index (κ1) is 12.3. The molecule has 3 atom stereocenters. The van der Waals surface area contributed by atoms with Crippen LogP contribution in [0.15, 0.2) is 4.42 Å². The third kappa shape index (κ3) is 2.58. The maximum absolute atomic E-state index is 9.83.